The topological polar surface area (TPSA) is 87.5 Å². The Kier molecular flexibility index (Phi) is 8.46. The quantitative estimate of drug-likeness (QED) is 0.379. The summed E-state index contributed by atoms with van der Waals surface area (Å²) in [5.41, 5.74) is 4.42. The number of ether oxygens (including phenoxy) is 2. The molecule has 0 spiro atoms. The summed E-state index contributed by atoms with van der Waals surface area (Å²) >= 11 is 0. The van der Waals surface area contributed by atoms with Gasteiger partial charge in [-0.15, -0.1) is 0 Å². The van der Waals surface area contributed by atoms with Gasteiger partial charge < -0.3 is 19.5 Å². The van der Waals surface area contributed by atoms with Crippen molar-refractivity contribution in [2.45, 2.75) is 38.8 Å². The molecule has 220 valence electrons. The van der Waals surface area contributed by atoms with Gasteiger partial charge in [-0.05, 0) is 55.2 Å². The number of nitrogens with zero attached hydrogens (tertiary/aromatic N) is 4. The van der Waals surface area contributed by atoms with E-state index in [1.165, 1.54) is 17.9 Å². The molecule has 11 heteroatoms. The van der Waals surface area contributed by atoms with E-state index in [9.17, 15) is 23.5 Å². The molecule has 1 unspecified atom stereocenters. The summed E-state index contributed by atoms with van der Waals surface area (Å²) < 4.78 is 38.9. The lowest BCUT2D eigenvalue weighted by Crippen LogP contribution is -2.49. The fourth-order valence-electron chi connectivity index (χ4n) is 6.27. The maximum atomic E-state index is 13.4. The molecule has 2 aromatic carbocycles. The van der Waals surface area contributed by atoms with E-state index in [1.54, 1.807) is 24.1 Å². The summed E-state index contributed by atoms with van der Waals surface area (Å²) in [5.74, 6) is 0.235. The first-order chi connectivity index (χ1) is 19.7. The lowest BCUT2D eigenvalue weighted by Gasteiger charge is -2.42. The van der Waals surface area contributed by atoms with E-state index in [2.05, 4.69) is 9.80 Å². The molecular formula is C30H36F2N4O5. The number of carbonyl (C=O) groups is 2. The van der Waals surface area contributed by atoms with Crippen LogP contribution in [0.1, 0.15) is 45.9 Å². The molecule has 1 atom stereocenters. The van der Waals surface area contributed by atoms with E-state index in [0.29, 0.717) is 43.0 Å². The number of hydrogen-bond donors (Lipinski definition) is 1. The van der Waals surface area contributed by atoms with Crippen LogP contribution in [0.15, 0.2) is 36.5 Å². The minimum atomic E-state index is -2.45. The van der Waals surface area contributed by atoms with Crippen molar-refractivity contribution in [3.63, 3.8) is 0 Å². The maximum absolute atomic E-state index is 13.4. The number of fused-ring (bicyclic) bond motifs is 1. The largest absolute Gasteiger partial charge is 0.496 e. The predicted octanol–water partition coefficient (Wildman–Crippen LogP) is 5.00. The summed E-state index contributed by atoms with van der Waals surface area (Å²) in [6.07, 6.45) is 0.0767. The van der Waals surface area contributed by atoms with Gasteiger partial charge in [0.05, 0.1) is 37.5 Å². The number of carboxylic acid groups (broad SMARTS) is 1. The molecule has 2 saturated heterocycles. The van der Waals surface area contributed by atoms with Gasteiger partial charge in [0.1, 0.15) is 5.75 Å². The zero-order valence-electron chi connectivity index (χ0n) is 23.6. The first kappa shape index (κ1) is 28.8. The molecule has 41 heavy (non-hydrogen) atoms. The average Bonchev–Trinajstić information content (AvgIpc) is 3.65. The van der Waals surface area contributed by atoms with Crippen molar-refractivity contribution in [2.75, 3.05) is 58.4 Å². The molecular weight excluding hydrogens is 534 g/mol. The van der Waals surface area contributed by atoms with Gasteiger partial charge in [0.25, 0.3) is 6.43 Å². The number of aryl methyl sites for hydroxylation is 1. The number of esters is 1. The minimum Gasteiger partial charge on any atom is -0.496 e. The number of anilines is 1. The van der Waals surface area contributed by atoms with Gasteiger partial charge in [-0.2, -0.15) is 0 Å². The summed E-state index contributed by atoms with van der Waals surface area (Å²) in [7, 11) is 2.95. The summed E-state index contributed by atoms with van der Waals surface area (Å²) in [6.45, 7) is 4.99. The van der Waals surface area contributed by atoms with E-state index < -0.39 is 18.5 Å². The standard InChI is InChI=1S/C30H36F2N4O5/c1-19-14-26(40-2)23(21-8-11-36(28(19)21)30(38)39)16-35-13-12-33(18-27(31)32)17-25(35)20-6-7-22(29(37)41-3)24(15-20)34-9-4-5-10-34/h6-8,11,14-15,25,27H,4-5,9-10,12-13,16-18H2,1-3H3,(H,38,39). The molecule has 0 bridgehead atoms. The van der Waals surface area contributed by atoms with E-state index in [4.69, 9.17) is 9.47 Å². The Morgan fingerprint density at radius 2 is 1.83 bits per heavy atom. The molecule has 1 N–H and O–H groups in total. The molecule has 2 aliphatic rings. The van der Waals surface area contributed by atoms with Crippen LogP contribution in [0, 0.1) is 6.92 Å². The first-order valence-corrected chi connectivity index (χ1v) is 13.8. The van der Waals surface area contributed by atoms with Crippen LogP contribution in [0.5, 0.6) is 5.75 Å². The van der Waals surface area contributed by atoms with Crippen LogP contribution in [0.2, 0.25) is 0 Å². The predicted molar refractivity (Wildman–Crippen MR) is 151 cm³/mol. The van der Waals surface area contributed by atoms with E-state index in [0.717, 1.165) is 53.7 Å². The van der Waals surface area contributed by atoms with Crippen molar-refractivity contribution in [2.24, 2.45) is 0 Å². The molecule has 2 fully saturated rings. The van der Waals surface area contributed by atoms with Gasteiger partial charge in [0.2, 0.25) is 0 Å². The lowest BCUT2D eigenvalue weighted by molar-refractivity contribution is 0.0245. The third kappa shape index (κ3) is 5.73. The Labute approximate surface area is 237 Å². The SMILES string of the molecule is COC(=O)c1ccc(C2CN(CC(F)F)CCN2Cc2c(OC)cc(C)c3c2ccn3C(=O)O)cc1N1CCCC1. The monoisotopic (exact) mass is 570 g/mol. The van der Waals surface area contributed by atoms with Crippen molar-refractivity contribution in [3.05, 3.63) is 58.8 Å². The zero-order chi connectivity index (χ0) is 29.3. The zero-order valence-corrected chi connectivity index (χ0v) is 23.6. The second-order valence-corrected chi connectivity index (χ2v) is 10.7. The van der Waals surface area contributed by atoms with Crippen LogP contribution >= 0.6 is 0 Å². The van der Waals surface area contributed by atoms with E-state index >= 15 is 0 Å². The van der Waals surface area contributed by atoms with Crippen LogP contribution in [-0.2, 0) is 11.3 Å². The number of aromatic nitrogens is 1. The fraction of sp³-hybridized carbons (Fsp3) is 0.467. The van der Waals surface area contributed by atoms with Crippen LogP contribution in [-0.4, -0.2) is 91.4 Å². The number of benzene rings is 2. The summed E-state index contributed by atoms with van der Waals surface area (Å²) in [6, 6.07) is 9.04. The third-order valence-electron chi connectivity index (χ3n) is 8.25. The average molecular weight is 571 g/mol. The molecule has 3 heterocycles. The number of piperazine rings is 1. The lowest BCUT2D eigenvalue weighted by atomic mass is 9.97. The van der Waals surface area contributed by atoms with Gasteiger partial charge >= 0.3 is 12.1 Å². The number of hydrogen-bond acceptors (Lipinski definition) is 7. The molecule has 0 saturated carbocycles. The van der Waals surface area contributed by atoms with Crippen molar-refractivity contribution in [1.82, 2.24) is 14.4 Å². The van der Waals surface area contributed by atoms with Crippen LogP contribution in [0.3, 0.4) is 0 Å². The minimum absolute atomic E-state index is 0.252. The fourth-order valence-corrected chi connectivity index (χ4v) is 6.27. The normalized spacial score (nSPS) is 18.4. The molecule has 5 rings (SSSR count). The highest BCUT2D eigenvalue weighted by Crippen LogP contribution is 2.37. The number of carbonyl (C=O) groups excluding carboxylic acids is 1. The Hall–Kier alpha value is -3.70. The van der Waals surface area contributed by atoms with Crippen LogP contribution < -0.4 is 9.64 Å². The smallest absolute Gasteiger partial charge is 0.416 e. The van der Waals surface area contributed by atoms with Crippen LogP contribution in [0.25, 0.3) is 10.9 Å². The highest BCUT2D eigenvalue weighted by atomic mass is 19.3. The molecule has 0 aliphatic carbocycles. The van der Waals surface area contributed by atoms with Crippen molar-refractivity contribution in [1.29, 1.82) is 0 Å². The van der Waals surface area contributed by atoms with Crippen molar-refractivity contribution >= 4 is 28.7 Å². The second-order valence-electron chi connectivity index (χ2n) is 10.7. The van der Waals surface area contributed by atoms with Gasteiger partial charge in [0, 0.05) is 62.5 Å². The number of rotatable bonds is 8. The van der Waals surface area contributed by atoms with Crippen molar-refractivity contribution in [3.8, 4) is 5.75 Å². The Balaban J connectivity index is 1.57. The van der Waals surface area contributed by atoms with Crippen LogP contribution in [0.4, 0.5) is 19.3 Å². The molecule has 1 aromatic heterocycles. The van der Waals surface area contributed by atoms with Gasteiger partial charge in [-0.3, -0.25) is 14.4 Å². The maximum Gasteiger partial charge on any atom is 0.416 e. The Morgan fingerprint density at radius 1 is 1.07 bits per heavy atom. The van der Waals surface area contributed by atoms with Gasteiger partial charge in [0.15, 0.2) is 0 Å². The van der Waals surface area contributed by atoms with Gasteiger partial charge in [-0.1, -0.05) is 6.07 Å². The third-order valence-corrected chi connectivity index (χ3v) is 8.25. The molecule has 2 aliphatic heterocycles. The van der Waals surface area contributed by atoms with Crippen molar-refractivity contribution < 1.29 is 33.0 Å². The second kappa shape index (κ2) is 12.0. The number of halogens is 2. The summed E-state index contributed by atoms with van der Waals surface area (Å²) in [4.78, 5) is 30.7. The van der Waals surface area contributed by atoms with E-state index in [-0.39, 0.29) is 12.6 Å². The number of methoxy groups -OCH3 is 2. The van der Waals surface area contributed by atoms with Gasteiger partial charge in [-0.25, -0.2) is 18.4 Å². The first-order valence-electron chi connectivity index (χ1n) is 13.8. The highest BCUT2D eigenvalue weighted by molar-refractivity contribution is 5.96. The Bertz CT molecular complexity index is 1440. The number of alkyl halides is 2. The van der Waals surface area contributed by atoms with E-state index in [1.807, 2.05) is 25.1 Å². The molecule has 3 aromatic rings. The molecule has 0 amide bonds. The molecule has 9 nitrogen and oxygen atoms in total. The Morgan fingerprint density at radius 3 is 2.49 bits per heavy atom. The highest BCUT2D eigenvalue weighted by Gasteiger charge is 2.32. The molecule has 0 radical (unpaired) electrons. The summed E-state index contributed by atoms with van der Waals surface area (Å²) in [5, 5.41) is 10.5.